The summed E-state index contributed by atoms with van der Waals surface area (Å²) < 4.78 is 26.3. The summed E-state index contributed by atoms with van der Waals surface area (Å²) in [5.74, 6) is 0. The number of nitrogens with one attached hydrogen (secondary N) is 2. The molecule has 2 N–H and O–H groups in total. The van der Waals surface area contributed by atoms with Crippen LogP contribution in [0.3, 0.4) is 0 Å². The largest absolute Gasteiger partial charge is 0.310 e. The molecular formula is C12H19ClN2O2S. The highest BCUT2D eigenvalue weighted by Gasteiger charge is 2.17. The average Bonchev–Trinajstić information content (AvgIpc) is 2.27. The maximum atomic E-state index is 11.9. The van der Waals surface area contributed by atoms with E-state index in [4.69, 9.17) is 11.6 Å². The maximum Gasteiger partial charge on any atom is 0.242 e. The third-order valence-corrected chi connectivity index (χ3v) is 4.36. The van der Waals surface area contributed by atoms with Crippen LogP contribution in [-0.4, -0.2) is 21.0 Å². The molecule has 0 aromatic heterocycles. The zero-order valence-electron chi connectivity index (χ0n) is 10.8. The smallest absolute Gasteiger partial charge is 0.242 e. The molecule has 1 aromatic carbocycles. The second-order valence-corrected chi connectivity index (χ2v) is 6.44. The number of hydrogen-bond donors (Lipinski definition) is 2. The van der Waals surface area contributed by atoms with Crippen molar-refractivity contribution >= 4 is 21.6 Å². The van der Waals surface area contributed by atoms with Crippen molar-refractivity contribution in [3.05, 3.63) is 28.8 Å². The molecule has 0 aliphatic rings. The minimum Gasteiger partial charge on any atom is -0.310 e. The van der Waals surface area contributed by atoms with E-state index >= 15 is 0 Å². The molecule has 1 aromatic rings. The number of halogens is 1. The fraction of sp³-hybridized carbons (Fsp3) is 0.500. The van der Waals surface area contributed by atoms with Crippen LogP contribution in [0.4, 0.5) is 0 Å². The van der Waals surface area contributed by atoms with Gasteiger partial charge in [0.05, 0.1) is 5.02 Å². The van der Waals surface area contributed by atoms with Crippen molar-refractivity contribution < 1.29 is 8.42 Å². The second-order valence-electron chi connectivity index (χ2n) is 4.30. The molecule has 0 heterocycles. The summed E-state index contributed by atoms with van der Waals surface area (Å²) in [7, 11) is -3.51. The van der Waals surface area contributed by atoms with Gasteiger partial charge >= 0.3 is 0 Å². The highest BCUT2D eigenvalue weighted by atomic mass is 35.5. The number of benzene rings is 1. The maximum absolute atomic E-state index is 11.9. The van der Waals surface area contributed by atoms with Crippen LogP contribution >= 0.6 is 11.6 Å². The van der Waals surface area contributed by atoms with E-state index in [1.165, 1.54) is 0 Å². The van der Waals surface area contributed by atoms with Crippen LogP contribution in [-0.2, 0) is 16.6 Å². The van der Waals surface area contributed by atoms with Crippen LogP contribution in [0.25, 0.3) is 0 Å². The zero-order chi connectivity index (χ0) is 13.8. The first-order valence-corrected chi connectivity index (χ1v) is 7.74. The van der Waals surface area contributed by atoms with Crippen LogP contribution in [0.2, 0.25) is 5.02 Å². The lowest BCUT2D eigenvalue weighted by Gasteiger charge is -2.11. The first kappa shape index (κ1) is 15.4. The van der Waals surface area contributed by atoms with Crippen LogP contribution in [0.5, 0.6) is 0 Å². The van der Waals surface area contributed by atoms with Gasteiger partial charge < -0.3 is 5.32 Å². The SMILES string of the molecule is CCNS(=O)(=O)c1cc(CNC(C)C)ccc1Cl. The van der Waals surface area contributed by atoms with Gasteiger partial charge in [0.25, 0.3) is 0 Å². The van der Waals surface area contributed by atoms with Gasteiger partial charge in [-0.1, -0.05) is 38.4 Å². The Kier molecular flexibility index (Phi) is 5.59. The quantitative estimate of drug-likeness (QED) is 0.844. The predicted octanol–water partition coefficient (Wildman–Crippen LogP) is 2.14. The van der Waals surface area contributed by atoms with Gasteiger partial charge in [0, 0.05) is 19.1 Å². The average molecular weight is 291 g/mol. The molecule has 4 nitrogen and oxygen atoms in total. The van der Waals surface area contributed by atoms with Crippen molar-refractivity contribution in [2.75, 3.05) is 6.54 Å². The normalized spacial score (nSPS) is 12.1. The van der Waals surface area contributed by atoms with E-state index in [9.17, 15) is 8.42 Å². The van der Waals surface area contributed by atoms with Crippen molar-refractivity contribution in [3.63, 3.8) is 0 Å². The van der Waals surface area contributed by atoms with Gasteiger partial charge in [-0.3, -0.25) is 0 Å². The molecule has 18 heavy (non-hydrogen) atoms. The van der Waals surface area contributed by atoms with E-state index in [1.807, 2.05) is 19.9 Å². The summed E-state index contributed by atoms with van der Waals surface area (Å²) in [5, 5.41) is 3.47. The Morgan fingerprint density at radius 3 is 2.56 bits per heavy atom. The molecule has 0 aliphatic heterocycles. The van der Waals surface area contributed by atoms with E-state index in [2.05, 4.69) is 10.0 Å². The second kappa shape index (κ2) is 6.52. The van der Waals surface area contributed by atoms with Crippen molar-refractivity contribution in [1.82, 2.24) is 10.0 Å². The summed E-state index contributed by atoms with van der Waals surface area (Å²) in [6, 6.07) is 5.39. The van der Waals surface area contributed by atoms with Crippen LogP contribution in [0.1, 0.15) is 26.3 Å². The molecular weight excluding hydrogens is 272 g/mol. The van der Waals surface area contributed by atoms with E-state index in [0.717, 1.165) is 5.56 Å². The van der Waals surface area contributed by atoms with Gasteiger partial charge in [0.15, 0.2) is 0 Å². The topological polar surface area (TPSA) is 58.2 Å². The van der Waals surface area contributed by atoms with E-state index < -0.39 is 10.0 Å². The zero-order valence-corrected chi connectivity index (χ0v) is 12.4. The third kappa shape index (κ3) is 4.24. The molecule has 0 saturated carbocycles. The fourth-order valence-corrected chi connectivity index (χ4v) is 3.04. The molecule has 0 amide bonds. The molecule has 1 rings (SSSR count). The van der Waals surface area contributed by atoms with Gasteiger partial charge in [0.1, 0.15) is 4.90 Å². The van der Waals surface area contributed by atoms with Crippen molar-refractivity contribution in [2.24, 2.45) is 0 Å². The molecule has 0 atom stereocenters. The van der Waals surface area contributed by atoms with E-state index in [0.29, 0.717) is 19.1 Å². The molecule has 0 aliphatic carbocycles. The lowest BCUT2D eigenvalue weighted by atomic mass is 10.2. The highest BCUT2D eigenvalue weighted by Crippen LogP contribution is 2.22. The van der Waals surface area contributed by atoms with Gasteiger partial charge in [0.2, 0.25) is 10.0 Å². The molecule has 0 fully saturated rings. The lowest BCUT2D eigenvalue weighted by molar-refractivity contribution is 0.581. The fourth-order valence-electron chi connectivity index (χ4n) is 1.45. The Labute approximate surface area is 114 Å². The molecule has 0 bridgehead atoms. The minimum absolute atomic E-state index is 0.133. The summed E-state index contributed by atoms with van der Waals surface area (Å²) in [5.41, 5.74) is 0.893. The first-order valence-electron chi connectivity index (χ1n) is 5.88. The molecule has 0 radical (unpaired) electrons. The third-order valence-electron chi connectivity index (χ3n) is 2.33. The summed E-state index contributed by atoms with van der Waals surface area (Å²) >= 11 is 5.94. The van der Waals surface area contributed by atoms with E-state index in [-0.39, 0.29) is 9.92 Å². The number of sulfonamides is 1. The van der Waals surface area contributed by atoms with Gasteiger partial charge in [-0.15, -0.1) is 0 Å². The molecule has 6 heteroatoms. The molecule has 0 saturated heterocycles. The first-order chi connectivity index (χ1) is 8.36. The van der Waals surface area contributed by atoms with Gasteiger partial charge in [-0.25, -0.2) is 13.1 Å². The van der Waals surface area contributed by atoms with Crippen molar-refractivity contribution in [3.8, 4) is 0 Å². The van der Waals surface area contributed by atoms with Crippen LogP contribution in [0.15, 0.2) is 23.1 Å². The highest BCUT2D eigenvalue weighted by molar-refractivity contribution is 7.89. The van der Waals surface area contributed by atoms with Crippen molar-refractivity contribution in [1.29, 1.82) is 0 Å². The van der Waals surface area contributed by atoms with Crippen molar-refractivity contribution in [2.45, 2.75) is 38.3 Å². The molecule has 0 spiro atoms. The number of hydrogen-bond acceptors (Lipinski definition) is 3. The number of rotatable bonds is 6. The van der Waals surface area contributed by atoms with Crippen LogP contribution < -0.4 is 10.0 Å². The summed E-state index contributed by atoms with van der Waals surface area (Å²) in [4.78, 5) is 0.133. The van der Waals surface area contributed by atoms with Gasteiger partial charge in [-0.05, 0) is 17.7 Å². The Hall–Kier alpha value is -0.620. The predicted molar refractivity (Wildman–Crippen MR) is 74.3 cm³/mol. The molecule has 102 valence electrons. The summed E-state index contributed by atoms with van der Waals surface area (Å²) in [6.07, 6.45) is 0. The van der Waals surface area contributed by atoms with Gasteiger partial charge in [-0.2, -0.15) is 0 Å². The Morgan fingerprint density at radius 2 is 2.00 bits per heavy atom. The Balaban J connectivity index is 3.01. The standard InChI is InChI=1S/C12H19ClN2O2S/c1-4-15-18(16,17)12-7-10(5-6-11(12)13)8-14-9(2)3/h5-7,9,14-15H,4,8H2,1-3H3. The summed E-state index contributed by atoms with van der Waals surface area (Å²) in [6.45, 7) is 6.75. The Morgan fingerprint density at radius 1 is 1.33 bits per heavy atom. The monoisotopic (exact) mass is 290 g/mol. The van der Waals surface area contributed by atoms with E-state index in [1.54, 1.807) is 19.1 Å². The lowest BCUT2D eigenvalue weighted by Crippen LogP contribution is -2.24. The minimum atomic E-state index is -3.51. The molecule has 0 unspecified atom stereocenters. The Bertz CT molecular complexity index is 501. The van der Waals surface area contributed by atoms with Crippen LogP contribution in [0, 0.1) is 0 Å².